The van der Waals surface area contributed by atoms with Gasteiger partial charge in [0.05, 0.1) is 35.0 Å². The van der Waals surface area contributed by atoms with E-state index in [0.717, 1.165) is 6.07 Å². The van der Waals surface area contributed by atoms with E-state index in [2.05, 4.69) is 15.5 Å². The molecule has 1 aliphatic rings. The van der Waals surface area contributed by atoms with Crippen LogP contribution >= 0.6 is 11.6 Å². The summed E-state index contributed by atoms with van der Waals surface area (Å²) in [5, 5.41) is 6.68. The Hall–Kier alpha value is -3.55. The van der Waals surface area contributed by atoms with Crippen LogP contribution in [-0.4, -0.2) is 66.9 Å². The van der Waals surface area contributed by atoms with Crippen LogP contribution in [0, 0.1) is 5.82 Å². The summed E-state index contributed by atoms with van der Waals surface area (Å²) in [4.78, 5) is 33.1. The van der Waals surface area contributed by atoms with Gasteiger partial charge in [-0.05, 0) is 64.7 Å². The molecule has 2 heterocycles. The van der Waals surface area contributed by atoms with Crippen LogP contribution in [0.4, 0.5) is 14.9 Å². The first-order valence-electron chi connectivity index (χ1n) is 12.2. The molecular weight excluding hydrogens is 565 g/mol. The molecule has 11 nitrogen and oxygen atoms in total. The summed E-state index contributed by atoms with van der Waals surface area (Å²) in [5.74, 6) is -2.35. The molecule has 1 aliphatic heterocycles. The van der Waals surface area contributed by atoms with Gasteiger partial charge >= 0.3 is 6.09 Å². The third-order valence-corrected chi connectivity index (χ3v) is 7.75. The first kappa shape index (κ1) is 29.4. The van der Waals surface area contributed by atoms with Gasteiger partial charge in [-0.3, -0.25) is 4.79 Å². The van der Waals surface area contributed by atoms with Gasteiger partial charge in [0.25, 0.3) is 5.91 Å². The topological polar surface area (TPSA) is 135 Å². The molecule has 2 amide bonds. The predicted octanol–water partition coefficient (Wildman–Crippen LogP) is 3.80. The SMILES string of the molecule is CN(C)Cc1nc(-c2cc3c(cc2F)S(=O)(=O)C[C@H](NC(=O)OC(C)(C)C)C(=O)N3Cc2ccc(Cl)cc2)no1. The number of alkyl carbamates (subject to hydrolysis) is 1. The van der Waals surface area contributed by atoms with E-state index in [1.807, 2.05) is 0 Å². The van der Waals surface area contributed by atoms with Crippen LogP contribution < -0.4 is 10.2 Å². The lowest BCUT2D eigenvalue weighted by Gasteiger charge is -2.27. The molecule has 1 N–H and O–H groups in total. The number of anilines is 1. The number of amides is 2. The van der Waals surface area contributed by atoms with E-state index < -0.39 is 49.9 Å². The number of halogens is 2. The summed E-state index contributed by atoms with van der Waals surface area (Å²) in [5.41, 5.74) is -0.534. The standard InChI is InChI=1S/C26H29ClFN5O6S/c1-26(2,3)38-25(35)29-19-14-40(36,37)21-11-18(28)17(23-30-22(39-31-23)13-32(4)5)10-20(21)33(24(19)34)12-15-6-8-16(27)9-7-15/h6-11,19H,12-14H2,1-5H3,(H,29,35)/t19-/m0/s1. The Kier molecular flexibility index (Phi) is 8.20. The average Bonchev–Trinajstić information content (AvgIpc) is 3.26. The number of hydrogen-bond acceptors (Lipinski definition) is 9. The molecule has 0 bridgehead atoms. The Labute approximate surface area is 236 Å². The van der Waals surface area contributed by atoms with Gasteiger partial charge in [-0.2, -0.15) is 4.98 Å². The van der Waals surface area contributed by atoms with E-state index in [4.69, 9.17) is 20.9 Å². The molecule has 1 aromatic heterocycles. The van der Waals surface area contributed by atoms with E-state index in [9.17, 15) is 18.0 Å². The smallest absolute Gasteiger partial charge is 0.408 e. The highest BCUT2D eigenvalue weighted by atomic mass is 35.5. The highest BCUT2D eigenvalue weighted by Gasteiger charge is 2.40. The van der Waals surface area contributed by atoms with Crippen molar-refractivity contribution in [1.82, 2.24) is 20.4 Å². The zero-order valence-electron chi connectivity index (χ0n) is 22.6. The lowest BCUT2D eigenvalue weighted by atomic mass is 10.1. The Balaban J connectivity index is 1.83. The fourth-order valence-corrected chi connectivity index (χ4v) is 5.79. The largest absolute Gasteiger partial charge is 0.444 e. The van der Waals surface area contributed by atoms with Crippen molar-refractivity contribution < 1.29 is 31.7 Å². The van der Waals surface area contributed by atoms with Crippen LogP contribution in [0.1, 0.15) is 32.2 Å². The maximum absolute atomic E-state index is 15.4. The van der Waals surface area contributed by atoms with Crippen molar-refractivity contribution >= 4 is 39.1 Å². The fourth-order valence-electron chi connectivity index (χ4n) is 4.05. The number of aromatic nitrogens is 2. The first-order chi connectivity index (χ1) is 18.6. The molecule has 0 unspecified atom stereocenters. The lowest BCUT2D eigenvalue weighted by molar-refractivity contribution is -0.120. The van der Waals surface area contributed by atoms with E-state index in [1.54, 1.807) is 64.0 Å². The first-order valence-corrected chi connectivity index (χ1v) is 14.3. The van der Waals surface area contributed by atoms with Crippen LogP contribution in [0.3, 0.4) is 0 Å². The minimum Gasteiger partial charge on any atom is -0.444 e. The predicted molar refractivity (Wildman–Crippen MR) is 145 cm³/mol. The van der Waals surface area contributed by atoms with Crippen LogP contribution in [0.15, 0.2) is 45.8 Å². The summed E-state index contributed by atoms with van der Waals surface area (Å²) >= 11 is 6.01. The van der Waals surface area contributed by atoms with Crippen LogP contribution in [-0.2, 0) is 32.5 Å². The number of sulfone groups is 1. The quantitative estimate of drug-likeness (QED) is 0.452. The molecule has 0 saturated carbocycles. The lowest BCUT2D eigenvalue weighted by Crippen LogP contribution is -2.51. The molecule has 4 rings (SSSR count). The number of nitrogens with one attached hydrogen (secondary N) is 1. The molecule has 14 heteroatoms. The molecule has 1 atom stereocenters. The number of fused-ring (bicyclic) bond motifs is 1. The zero-order chi connectivity index (χ0) is 29.4. The van der Waals surface area contributed by atoms with Crippen LogP contribution in [0.2, 0.25) is 5.02 Å². The molecule has 0 spiro atoms. The van der Waals surface area contributed by atoms with E-state index in [-0.39, 0.29) is 29.5 Å². The number of carbonyl (C=O) groups is 2. The molecule has 0 aliphatic carbocycles. The van der Waals surface area contributed by atoms with Crippen molar-refractivity contribution in [3.63, 3.8) is 0 Å². The van der Waals surface area contributed by atoms with Gasteiger partial charge in [0.2, 0.25) is 11.7 Å². The van der Waals surface area contributed by atoms with Crippen molar-refractivity contribution in [2.45, 2.75) is 50.4 Å². The number of carbonyl (C=O) groups excluding carboxylic acids is 2. The van der Waals surface area contributed by atoms with Gasteiger partial charge in [0, 0.05) is 5.02 Å². The molecule has 0 saturated heterocycles. The molecule has 214 valence electrons. The van der Waals surface area contributed by atoms with E-state index >= 15 is 4.39 Å². The Morgan fingerprint density at radius 2 is 1.93 bits per heavy atom. The Morgan fingerprint density at radius 1 is 1.25 bits per heavy atom. The van der Waals surface area contributed by atoms with Gasteiger partial charge < -0.3 is 24.4 Å². The minimum atomic E-state index is -4.28. The van der Waals surface area contributed by atoms with Gasteiger partial charge in [-0.1, -0.05) is 28.9 Å². The summed E-state index contributed by atoms with van der Waals surface area (Å²) in [6.45, 7) is 5.09. The van der Waals surface area contributed by atoms with Crippen LogP contribution in [0.5, 0.6) is 0 Å². The van der Waals surface area contributed by atoms with E-state index in [1.165, 1.54) is 11.0 Å². The molecule has 0 radical (unpaired) electrons. The highest BCUT2D eigenvalue weighted by Crippen LogP contribution is 2.37. The molecular formula is C26H29ClFN5O6S. The number of rotatable bonds is 6. The summed E-state index contributed by atoms with van der Waals surface area (Å²) < 4.78 is 52.8. The highest BCUT2D eigenvalue weighted by molar-refractivity contribution is 7.91. The summed E-state index contributed by atoms with van der Waals surface area (Å²) in [6.07, 6.45) is -0.967. The molecule has 40 heavy (non-hydrogen) atoms. The Bertz CT molecular complexity index is 1540. The van der Waals surface area contributed by atoms with E-state index in [0.29, 0.717) is 17.1 Å². The summed E-state index contributed by atoms with van der Waals surface area (Å²) in [6, 6.07) is 7.10. The normalized spacial score (nSPS) is 16.9. The number of hydrogen-bond donors (Lipinski definition) is 1. The second kappa shape index (κ2) is 11.1. The fraction of sp³-hybridized carbons (Fsp3) is 0.385. The van der Waals surface area contributed by atoms with Crippen LogP contribution in [0.25, 0.3) is 11.4 Å². The van der Waals surface area contributed by atoms with Crippen molar-refractivity contribution in [1.29, 1.82) is 0 Å². The number of ether oxygens (including phenoxy) is 1. The maximum atomic E-state index is 15.4. The number of benzene rings is 2. The number of nitrogens with zero attached hydrogens (tertiary/aromatic N) is 4. The van der Waals surface area contributed by atoms with Gasteiger partial charge in [-0.15, -0.1) is 0 Å². The van der Waals surface area contributed by atoms with Crippen molar-refractivity contribution in [3.8, 4) is 11.4 Å². The monoisotopic (exact) mass is 593 g/mol. The third kappa shape index (κ3) is 6.77. The van der Waals surface area contributed by atoms with Crippen molar-refractivity contribution in [2.75, 3.05) is 24.7 Å². The zero-order valence-corrected chi connectivity index (χ0v) is 24.1. The summed E-state index contributed by atoms with van der Waals surface area (Å²) in [7, 11) is -0.696. The minimum absolute atomic E-state index is 0.0937. The molecule has 0 fully saturated rings. The Morgan fingerprint density at radius 3 is 2.55 bits per heavy atom. The van der Waals surface area contributed by atoms with Crippen molar-refractivity contribution in [2.24, 2.45) is 0 Å². The van der Waals surface area contributed by atoms with Crippen molar-refractivity contribution in [3.05, 3.63) is 58.7 Å². The maximum Gasteiger partial charge on any atom is 0.408 e. The second-order valence-corrected chi connectivity index (χ2v) is 13.0. The van der Waals surface area contributed by atoms with Gasteiger partial charge in [0.15, 0.2) is 9.84 Å². The second-order valence-electron chi connectivity index (χ2n) is 10.6. The average molecular weight is 594 g/mol. The molecule has 3 aromatic rings. The molecule has 2 aromatic carbocycles. The van der Waals surface area contributed by atoms with Gasteiger partial charge in [-0.25, -0.2) is 17.6 Å². The third-order valence-electron chi connectivity index (χ3n) is 5.73. The van der Waals surface area contributed by atoms with Gasteiger partial charge in [0.1, 0.15) is 17.5 Å².